The summed E-state index contributed by atoms with van der Waals surface area (Å²) in [6, 6.07) is 3.35. The van der Waals surface area contributed by atoms with Crippen molar-refractivity contribution in [1.82, 2.24) is 10.2 Å². The van der Waals surface area contributed by atoms with Gasteiger partial charge in [0, 0.05) is 12.5 Å². The number of carbonyl (C=O) groups is 1. The number of primary amides is 1. The molecule has 0 aliphatic heterocycles. The molecule has 5 nitrogen and oxygen atoms in total. The van der Waals surface area contributed by atoms with Crippen molar-refractivity contribution in [3.8, 4) is 12.3 Å². The quantitative estimate of drug-likeness (QED) is 0.716. The summed E-state index contributed by atoms with van der Waals surface area (Å²) in [6.45, 7) is 2.03. The van der Waals surface area contributed by atoms with E-state index in [-0.39, 0.29) is 11.7 Å². The molecule has 0 aliphatic rings. The van der Waals surface area contributed by atoms with Gasteiger partial charge in [0.1, 0.15) is 5.82 Å². The Hall–Kier alpha value is -2.09. The molecule has 84 valence electrons. The number of nitrogens with two attached hydrogens (primary N) is 1. The van der Waals surface area contributed by atoms with Crippen LogP contribution in [-0.2, 0) is 0 Å². The summed E-state index contributed by atoms with van der Waals surface area (Å²) < 4.78 is 0. The SMILES string of the molecule is C#CCC(CC)Nc1ccc(C(N)=O)nn1. The average Bonchev–Trinajstić information content (AvgIpc) is 2.29. The maximum atomic E-state index is 10.8. The van der Waals surface area contributed by atoms with Crippen LogP contribution in [0.3, 0.4) is 0 Å². The Kier molecular flexibility index (Phi) is 4.28. The largest absolute Gasteiger partial charge is 0.365 e. The number of rotatable bonds is 5. The fourth-order valence-electron chi connectivity index (χ4n) is 1.19. The van der Waals surface area contributed by atoms with Gasteiger partial charge in [-0.05, 0) is 18.6 Å². The first kappa shape index (κ1) is 12.0. The molecule has 1 atom stereocenters. The summed E-state index contributed by atoms with van der Waals surface area (Å²) in [5.74, 6) is 2.59. The Labute approximate surface area is 94.4 Å². The molecule has 1 rings (SSSR count). The molecule has 0 saturated heterocycles. The van der Waals surface area contributed by atoms with Gasteiger partial charge in [-0.25, -0.2) is 0 Å². The van der Waals surface area contributed by atoms with Crippen molar-refractivity contribution in [2.24, 2.45) is 5.73 Å². The van der Waals surface area contributed by atoms with Crippen LogP contribution in [0, 0.1) is 12.3 Å². The number of hydrogen-bond acceptors (Lipinski definition) is 4. The molecule has 0 aromatic carbocycles. The Bertz CT molecular complexity index is 393. The molecule has 1 aromatic rings. The van der Waals surface area contributed by atoms with E-state index in [1.165, 1.54) is 6.07 Å². The van der Waals surface area contributed by atoms with Gasteiger partial charge < -0.3 is 11.1 Å². The maximum Gasteiger partial charge on any atom is 0.269 e. The molecule has 1 aromatic heterocycles. The summed E-state index contributed by atoms with van der Waals surface area (Å²) in [7, 11) is 0. The lowest BCUT2D eigenvalue weighted by Crippen LogP contribution is -2.20. The van der Waals surface area contributed by atoms with Crippen LogP contribution in [0.5, 0.6) is 0 Å². The van der Waals surface area contributed by atoms with Crippen molar-refractivity contribution in [3.05, 3.63) is 17.8 Å². The number of hydrogen-bond donors (Lipinski definition) is 2. The van der Waals surface area contributed by atoms with Gasteiger partial charge in [-0.15, -0.1) is 22.5 Å². The molecule has 1 heterocycles. The number of carbonyl (C=O) groups excluding carboxylic acids is 1. The molecule has 16 heavy (non-hydrogen) atoms. The van der Waals surface area contributed by atoms with Gasteiger partial charge >= 0.3 is 0 Å². The molecule has 0 fully saturated rings. The molecule has 3 N–H and O–H groups in total. The number of nitrogens with zero attached hydrogens (tertiary/aromatic N) is 2. The lowest BCUT2D eigenvalue weighted by molar-refractivity contribution is 0.0994. The summed E-state index contributed by atoms with van der Waals surface area (Å²) in [5.41, 5.74) is 5.20. The van der Waals surface area contributed by atoms with Crippen LogP contribution in [0.4, 0.5) is 5.82 Å². The third kappa shape index (κ3) is 3.24. The second-order valence-electron chi connectivity index (χ2n) is 3.33. The van der Waals surface area contributed by atoms with E-state index in [1.807, 2.05) is 6.92 Å². The van der Waals surface area contributed by atoms with E-state index in [1.54, 1.807) is 6.07 Å². The predicted octanol–water partition coefficient (Wildman–Crippen LogP) is 0.789. The van der Waals surface area contributed by atoms with Gasteiger partial charge in [0.2, 0.25) is 0 Å². The zero-order valence-corrected chi connectivity index (χ0v) is 9.10. The number of anilines is 1. The first-order valence-corrected chi connectivity index (χ1v) is 5.01. The van der Waals surface area contributed by atoms with E-state index in [2.05, 4.69) is 21.4 Å². The third-order valence-electron chi connectivity index (χ3n) is 2.13. The van der Waals surface area contributed by atoms with Crippen LogP contribution in [0.15, 0.2) is 12.1 Å². The molecular formula is C11H14N4O. The lowest BCUT2D eigenvalue weighted by Gasteiger charge is -2.13. The van der Waals surface area contributed by atoms with Crippen LogP contribution in [-0.4, -0.2) is 22.1 Å². The van der Waals surface area contributed by atoms with Gasteiger partial charge in [-0.2, -0.15) is 0 Å². The van der Waals surface area contributed by atoms with Gasteiger partial charge in [0.15, 0.2) is 5.69 Å². The van der Waals surface area contributed by atoms with Crippen LogP contribution in [0.25, 0.3) is 0 Å². The van der Waals surface area contributed by atoms with Gasteiger partial charge in [-0.1, -0.05) is 6.92 Å². The third-order valence-corrected chi connectivity index (χ3v) is 2.13. The van der Waals surface area contributed by atoms with Crippen molar-refractivity contribution in [3.63, 3.8) is 0 Å². The number of amides is 1. The Morgan fingerprint density at radius 2 is 2.38 bits per heavy atom. The molecule has 0 saturated carbocycles. The van der Waals surface area contributed by atoms with E-state index < -0.39 is 5.91 Å². The molecule has 0 spiro atoms. The Morgan fingerprint density at radius 3 is 2.81 bits per heavy atom. The molecule has 0 aliphatic carbocycles. The number of aromatic nitrogens is 2. The minimum atomic E-state index is -0.588. The highest BCUT2D eigenvalue weighted by molar-refractivity contribution is 5.90. The molecule has 0 radical (unpaired) electrons. The van der Waals surface area contributed by atoms with E-state index >= 15 is 0 Å². The first-order chi connectivity index (χ1) is 7.67. The highest BCUT2D eigenvalue weighted by Gasteiger charge is 2.07. The smallest absolute Gasteiger partial charge is 0.269 e. The maximum absolute atomic E-state index is 10.8. The monoisotopic (exact) mass is 218 g/mol. The second kappa shape index (κ2) is 5.71. The van der Waals surface area contributed by atoms with Crippen LogP contribution < -0.4 is 11.1 Å². The summed E-state index contributed by atoms with van der Waals surface area (Å²) in [6.07, 6.45) is 6.75. The topological polar surface area (TPSA) is 80.9 Å². The van der Waals surface area contributed by atoms with Crippen LogP contribution in [0.2, 0.25) is 0 Å². The number of nitrogens with one attached hydrogen (secondary N) is 1. The second-order valence-corrected chi connectivity index (χ2v) is 3.33. The summed E-state index contributed by atoms with van der Waals surface area (Å²) in [4.78, 5) is 10.8. The van der Waals surface area contributed by atoms with Crippen molar-refractivity contribution in [1.29, 1.82) is 0 Å². The zero-order valence-electron chi connectivity index (χ0n) is 9.10. The minimum Gasteiger partial charge on any atom is -0.365 e. The van der Waals surface area contributed by atoms with Crippen molar-refractivity contribution in [2.75, 3.05) is 5.32 Å². The van der Waals surface area contributed by atoms with E-state index in [0.29, 0.717) is 12.2 Å². The van der Waals surface area contributed by atoms with Gasteiger partial charge in [0.25, 0.3) is 5.91 Å². The fraction of sp³-hybridized carbons (Fsp3) is 0.364. The first-order valence-electron chi connectivity index (χ1n) is 5.01. The van der Waals surface area contributed by atoms with Crippen LogP contribution in [0.1, 0.15) is 30.3 Å². The van der Waals surface area contributed by atoms with Crippen molar-refractivity contribution in [2.45, 2.75) is 25.8 Å². The van der Waals surface area contributed by atoms with E-state index in [9.17, 15) is 4.79 Å². The van der Waals surface area contributed by atoms with Crippen LogP contribution >= 0.6 is 0 Å². The Morgan fingerprint density at radius 1 is 1.62 bits per heavy atom. The van der Waals surface area contributed by atoms with Gasteiger partial charge in [-0.3, -0.25) is 4.79 Å². The number of terminal acetylenes is 1. The fourth-order valence-corrected chi connectivity index (χ4v) is 1.19. The average molecular weight is 218 g/mol. The molecular weight excluding hydrogens is 204 g/mol. The standard InChI is InChI=1S/C11H14N4O/c1-3-5-8(4-2)13-10-7-6-9(11(12)16)14-15-10/h1,6-8H,4-5H2,2H3,(H2,12,16)(H,13,15). The highest BCUT2D eigenvalue weighted by atomic mass is 16.1. The molecule has 0 bridgehead atoms. The molecule has 1 unspecified atom stereocenters. The van der Waals surface area contributed by atoms with Gasteiger partial charge in [0.05, 0.1) is 0 Å². The van der Waals surface area contributed by atoms with E-state index in [4.69, 9.17) is 12.2 Å². The lowest BCUT2D eigenvalue weighted by atomic mass is 10.1. The van der Waals surface area contributed by atoms with Crippen molar-refractivity contribution >= 4 is 11.7 Å². The van der Waals surface area contributed by atoms with E-state index in [0.717, 1.165) is 6.42 Å². The highest BCUT2D eigenvalue weighted by Crippen LogP contribution is 2.07. The van der Waals surface area contributed by atoms with Crippen molar-refractivity contribution < 1.29 is 4.79 Å². The minimum absolute atomic E-state index is 0.149. The predicted molar refractivity (Wildman–Crippen MR) is 61.7 cm³/mol. The summed E-state index contributed by atoms with van der Waals surface area (Å²) >= 11 is 0. The normalized spacial score (nSPS) is 11.5. The molecule has 5 heteroatoms. The molecule has 1 amide bonds. The Balaban J connectivity index is 2.68. The zero-order chi connectivity index (χ0) is 12.0. The summed E-state index contributed by atoms with van der Waals surface area (Å²) in [5, 5.41) is 10.7.